The molecule has 7 nitrogen and oxygen atoms in total. The first-order valence-electron chi connectivity index (χ1n) is 12.1. The number of aryl methyl sites for hydroxylation is 1. The number of nitrogens with zero attached hydrogens (tertiary/aromatic N) is 6. The van der Waals surface area contributed by atoms with Gasteiger partial charge in [-0.25, -0.2) is 13.8 Å². The first kappa shape index (κ1) is 24.5. The molecule has 0 radical (unpaired) electrons. The molecule has 1 fully saturated rings. The van der Waals surface area contributed by atoms with Gasteiger partial charge in [0.1, 0.15) is 28.9 Å². The minimum Gasteiger partial charge on any atom is -0.364 e. The molecule has 3 atom stereocenters. The van der Waals surface area contributed by atoms with Gasteiger partial charge in [0.2, 0.25) is 0 Å². The number of anilines is 1. The molecular formula is C28H26F2N6O. The van der Waals surface area contributed by atoms with E-state index in [0.717, 1.165) is 5.56 Å². The third-order valence-electron chi connectivity index (χ3n) is 7.07. The zero-order valence-electron chi connectivity index (χ0n) is 20.8. The van der Waals surface area contributed by atoms with Crippen LogP contribution in [0.1, 0.15) is 36.8 Å². The monoisotopic (exact) mass is 500 g/mol. The molecular weight excluding hydrogens is 474 g/mol. The van der Waals surface area contributed by atoms with Crippen molar-refractivity contribution in [1.29, 1.82) is 5.26 Å². The minimum absolute atomic E-state index is 0.0467. The van der Waals surface area contributed by atoms with Crippen molar-refractivity contribution >= 4 is 16.7 Å². The highest BCUT2D eigenvalue weighted by Crippen LogP contribution is 2.35. The van der Waals surface area contributed by atoms with Crippen molar-refractivity contribution in [2.75, 3.05) is 18.0 Å². The molecule has 188 valence electrons. The summed E-state index contributed by atoms with van der Waals surface area (Å²) < 4.78 is 29.5. The summed E-state index contributed by atoms with van der Waals surface area (Å²) in [5.41, 5.74) is 3.39. The van der Waals surface area contributed by atoms with E-state index in [2.05, 4.69) is 39.7 Å². The number of rotatable bonds is 4. The summed E-state index contributed by atoms with van der Waals surface area (Å²) in [7, 11) is 1.69. The Balaban J connectivity index is 1.56. The van der Waals surface area contributed by atoms with Gasteiger partial charge in [0, 0.05) is 44.5 Å². The van der Waals surface area contributed by atoms with E-state index >= 15 is 0 Å². The minimum atomic E-state index is -0.389. The molecule has 0 amide bonds. The third kappa shape index (κ3) is 4.56. The number of halogens is 2. The number of hydrogen-bond acceptors (Lipinski definition) is 6. The number of nitriles is 1. The van der Waals surface area contributed by atoms with E-state index in [4.69, 9.17) is 0 Å². The molecule has 3 aromatic heterocycles. The normalized spacial score (nSPS) is 19.1. The van der Waals surface area contributed by atoms with Gasteiger partial charge in [0.05, 0.1) is 22.9 Å². The average molecular weight is 501 g/mol. The smallest absolute Gasteiger partial charge is 0.252 e. The van der Waals surface area contributed by atoms with E-state index in [9.17, 15) is 18.8 Å². The van der Waals surface area contributed by atoms with Gasteiger partial charge >= 0.3 is 0 Å². The van der Waals surface area contributed by atoms with Gasteiger partial charge in [-0.15, -0.1) is 0 Å². The summed E-state index contributed by atoms with van der Waals surface area (Å²) in [5.74, 6) is -0.731. The molecule has 5 rings (SSSR count). The van der Waals surface area contributed by atoms with Crippen molar-refractivity contribution in [3.63, 3.8) is 0 Å². The number of fused-ring (bicyclic) bond motifs is 1. The van der Waals surface area contributed by atoms with Gasteiger partial charge in [0.15, 0.2) is 0 Å². The van der Waals surface area contributed by atoms with Crippen LogP contribution in [0.2, 0.25) is 0 Å². The molecule has 9 heteroatoms. The third-order valence-corrected chi connectivity index (χ3v) is 7.07. The SMILES string of the molecule is C[C@@H]1CN(c2cc(=O)n(C)c3ccc(C#N)nc23)[C@@H](C)CN1C(c1ccc(F)cc1)c1cc(F)ccn1. The van der Waals surface area contributed by atoms with Gasteiger partial charge in [-0.3, -0.25) is 14.7 Å². The van der Waals surface area contributed by atoms with Crippen LogP contribution >= 0.6 is 0 Å². The van der Waals surface area contributed by atoms with E-state index < -0.39 is 0 Å². The highest BCUT2D eigenvalue weighted by Gasteiger charge is 2.36. The summed E-state index contributed by atoms with van der Waals surface area (Å²) in [6.45, 7) is 5.23. The Hall–Kier alpha value is -4.16. The van der Waals surface area contributed by atoms with E-state index in [1.165, 1.54) is 35.0 Å². The molecule has 0 N–H and O–H groups in total. The van der Waals surface area contributed by atoms with Gasteiger partial charge in [-0.2, -0.15) is 5.26 Å². The van der Waals surface area contributed by atoms with Crippen LogP contribution < -0.4 is 10.5 Å². The fraction of sp³-hybridized carbons (Fsp3) is 0.286. The maximum Gasteiger partial charge on any atom is 0.252 e. The van der Waals surface area contributed by atoms with E-state index in [1.54, 1.807) is 37.4 Å². The van der Waals surface area contributed by atoms with Crippen molar-refractivity contribution in [2.24, 2.45) is 7.05 Å². The van der Waals surface area contributed by atoms with Crippen LogP contribution in [0.15, 0.2) is 65.6 Å². The summed E-state index contributed by atoms with van der Waals surface area (Å²) in [6.07, 6.45) is 1.44. The molecule has 1 aliphatic heterocycles. The molecule has 0 spiro atoms. The van der Waals surface area contributed by atoms with Crippen LogP contribution in [0.25, 0.3) is 11.0 Å². The second-order valence-electron chi connectivity index (χ2n) is 9.50. The topological polar surface area (TPSA) is 78.0 Å². The molecule has 0 saturated carbocycles. The van der Waals surface area contributed by atoms with Crippen molar-refractivity contribution < 1.29 is 8.78 Å². The zero-order chi connectivity index (χ0) is 26.3. The lowest BCUT2D eigenvalue weighted by Crippen LogP contribution is -2.57. The number of hydrogen-bond donors (Lipinski definition) is 0. The quantitative estimate of drug-likeness (QED) is 0.419. The first-order chi connectivity index (χ1) is 17.8. The van der Waals surface area contributed by atoms with Crippen molar-refractivity contribution in [2.45, 2.75) is 32.0 Å². The summed E-state index contributed by atoms with van der Waals surface area (Å²) in [6, 6.07) is 15.4. The summed E-state index contributed by atoms with van der Waals surface area (Å²) >= 11 is 0. The van der Waals surface area contributed by atoms with Crippen molar-refractivity contribution in [3.05, 3.63) is 99.7 Å². The van der Waals surface area contributed by atoms with Crippen molar-refractivity contribution in [1.82, 2.24) is 19.4 Å². The fourth-order valence-corrected chi connectivity index (χ4v) is 5.19. The van der Waals surface area contributed by atoms with Gasteiger partial charge in [0.25, 0.3) is 5.56 Å². The van der Waals surface area contributed by atoms with E-state index in [0.29, 0.717) is 35.5 Å². The fourth-order valence-electron chi connectivity index (χ4n) is 5.19. The number of benzene rings is 1. The van der Waals surface area contributed by atoms with Crippen LogP contribution in [0.4, 0.5) is 14.5 Å². The summed E-state index contributed by atoms with van der Waals surface area (Å²) in [5, 5.41) is 9.41. The Morgan fingerprint density at radius 2 is 1.76 bits per heavy atom. The Labute approximate surface area is 213 Å². The summed E-state index contributed by atoms with van der Waals surface area (Å²) in [4.78, 5) is 26.2. The first-order valence-corrected chi connectivity index (χ1v) is 12.1. The lowest BCUT2D eigenvalue weighted by molar-refractivity contribution is 0.127. The lowest BCUT2D eigenvalue weighted by atomic mass is 9.96. The average Bonchev–Trinajstić information content (AvgIpc) is 2.89. The number of piperazine rings is 1. The van der Waals surface area contributed by atoms with Crippen LogP contribution in [-0.2, 0) is 7.05 Å². The van der Waals surface area contributed by atoms with E-state index in [1.807, 2.05) is 0 Å². The maximum atomic E-state index is 14.2. The zero-order valence-corrected chi connectivity index (χ0v) is 20.8. The number of aromatic nitrogens is 3. The molecule has 1 aromatic carbocycles. The van der Waals surface area contributed by atoms with Crippen LogP contribution in [-0.4, -0.2) is 44.6 Å². The molecule has 37 heavy (non-hydrogen) atoms. The second-order valence-corrected chi connectivity index (χ2v) is 9.50. The Morgan fingerprint density at radius 1 is 1.00 bits per heavy atom. The van der Waals surface area contributed by atoms with Crippen molar-refractivity contribution in [3.8, 4) is 6.07 Å². The predicted octanol–water partition coefficient (Wildman–Crippen LogP) is 4.17. The molecule has 1 saturated heterocycles. The second kappa shape index (κ2) is 9.71. The Bertz CT molecular complexity index is 1560. The van der Waals surface area contributed by atoms with Crippen LogP contribution in [0, 0.1) is 23.0 Å². The van der Waals surface area contributed by atoms with Crippen LogP contribution in [0.5, 0.6) is 0 Å². The predicted molar refractivity (Wildman–Crippen MR) is 137 cm³/mol. The molecule has 1 aliphatic rings. The number of pyridine rings is 3. The molecule has 4 aromatic rings. The Morgan fingerprint density at radius 3 is 2.46 bits per heavy atom. The largest absolute Gasteiger partial charge is 0.364 e. The van der Waals surface area contributed by atoms with Gasteiger partial charge < -0.3 is 9.47 Å². The molecule has 4 heterocycles. The highest BCUT2D eigenvalue weighted by molar-refractivity contribution is 5.89. The Kier molecular flexibility index (Phi) is 6.44. The highest BCUT2D eigenvalue weighted by atomic mass is 19.1. The van der Waals surface area contributed by atoms with Gasteiger partial charge in [-0.05, 0) is 55.8 Å². The maximum absolute atomic E-state index is 14.2. The molecule has 0 bridgehead atoms. The molecule has 1 unspecified atom stereocenters. The van der Waals surface area contributed by atoms with Crippen LogP contribution in [0.3, 0.4) is 0 Å². The standard InChI is InChI=1S/C28H26F2N6O/c1-17-16-36(28(19-4-6-20(29)7-5-19)23-12-21(30)10-11-32-23)18(2)15-35(17)25-13-26(37)34(3)24-9-8-22(14-31)33-27(24)25/h4-13,17-18,28H,15-16H2,1-3H3/t17-,18+,28?/m0/s1. The molecule has 0 aliphatic carbocycles. The van der Waals surface area contributed by atoms with E-state index in [-0.39, 0.29) is 41.0 Å². The van der Waals surface area contributed by atoms with Gasteiger partial charge in [-0.1, -0.05) is 12.1 Å². The lowest BCUT2D eigenvalue weighted by Gasteiger charge is -2.48.